The van der Waals surface area contributed by atoms with Crippen molar-refractivity contribution in [2.24, 2.45) is 0 Å². The molecule has 1 unspecified atom stereocenters. The largest absolute Gasteiger partial charge is 0.480 e. The molecule has 0 saturated carbocycles. The number of nitrogens with one attached hydrogen (secondary N) is 1. The van der Waals surface area contributed by atoms with Crippen molar-refractivity contribution in [2.75, 3.05) is 5.32 Å². The molecular weight excluding hydrogens is 250 g/mol. The van der Waals surface area contributed by atoms with Crippen LogP contribution in [0.2, 0.25) is 0 Å². The van der Waals surface area contributed by atoms with Gasteiger partial charge in [-0.05, 0) is 25.5 Å². The fraction of sp³-hybridized carbons (Fsp3) is 0.385. The van der Waals surface area contributed by atoms with Gasteiger partial charge in [0, 0.05) is 11.3 Å². The summed E-state index contributed by atoms with van der Waals surface area (Å²) in [7, 11) is 0. The standard InChI is InChI=1S/C13H17NO3S/c1-3-6-12(15)14-10-7-4-5-8-11(10)18-9(2)13(16)17/h4-5,7-9H,3,6H2,1-2H3,(H,14,15)(H,16,17). The van der Waals surface area contributed by atoms with Crippen LogP contribution in [0, 0.1) is 0 Å². The molecule has 1 atom stereocenters. The summed E-state index contributed by atoms with van der Waals surface area (Å²) in [6.07, 6.45) is 1.25. The number of aliphatic carboxylic acids is 1. The van der Waals surface area contributed by atoms with Crippen LogP contribution >= 0.6 is 11.8 Å². The van der Waals surface area contributed by atoms with Gasteiger partial charge in [-0.15, -0.1) is 11.8 Å². The highest BCUT2D eigenvalue weighted by Gasteiger charge is 2.15. The first-order valence-electron chi connectivity index (χ1n) is 5.83. The van der Waals surface area contributed by atoms with Crippen molar-refractivity contribution in [3.05, 3.63) is 24.3 Å². The number of carbonyl (C=O) groups excluding carboxylic acids is 1. The summed E-state index contributed by atoms with van der Waals surface area (Å²) >= 11 is 1.22. The zero-order valence-electron chi connectivity index (χ0n) is 10.5. The van der Waals surface area contributed by atoms with Crippen molar-refractivity contribution in [3.8, 4) is 0 Å². The minimum Gasteiger partial charge on any atom is -0.480 e. The number of rotatable bonds is 6. The second kappa shape index (κ2) is 7.06. The Bertz CT molecular complexity index is 434. The van der Waals surface area contributed by atoms with Gasteiger partial charge in [0.2, 0.25) is 5.91 Å². The lowest BCUT2D eigenvalue weighted by Gasteiger charge is -2.12. The molecule has 1 aromatic rings. The van der Waals surface area contributed by atoms with Crippen molar-refractivity contribution in [3.63, 3.8) is 0 Å². The first-order chi connectivity index (χ1) is 8.54. The summed E-state index contributed by atoms with van der Waals surface area (Å²) in [5.74, 6) is -0.914. The average molecular weight is 267 g/mol. The van der Waals surface area contributed by atoms with Crippen molar-refractivity contribution >= 4 is 29.3 Å². The molecule has 0 aliphatic rings. The monoisotopic (exact) mass is 267 g/mol. The molecule has 18 heavy (non-hydrogen) atoms. The van der Waals surface area contributed by atoms with E-state index in [4.69, 9.17) is 5.11 Å². The van der Waals surface area contributed by atoms with Crippen LogP contribution in [-0.4, -0.2) is 22.2 Å². The van der Waals surface area contributed by atoms with Crippen molar-refractivity contribution in [2.45, 2.75) is 36.8 Å². The molecule has 0 bridgehead atoms. The van der Waals surface area contributed by atoms with Gasteiger partial charge in [0.1, 0.15) is 5.25 Å². The van der Waals surface area contributed by atoms with Crippen LogP contribution in [0.1, 0.15) is 26.7 Å². The molecule has 0 aliphatic carbocycles. The molecule has 0 saturated heterocycles. The number of carboxylic acids is 1. The Kier molecular flexibility index (Phi) is 5.71. The highest BCUT2D eigenvalue weighted by atomic mass is 32.2. The van der Waals surface area contributed by atoms with Gasteiger partial charge in [0.15, 0.2) is 0 Å². The number of carboxylic acid groups (broad SMARTS) is 1. The summed E-state index contributed by atoms with van der Waals surface area (Å²) < 4.78 is 0. The van der Waals surface area contributed by atoms with Crippen molar-refractivity contribution < 1.29 is 14.7 Å². The number of hydrogen-bond acceptors (Lipinski definition) is 3. The minimum absolute atomic E-state index is 0.0477. The van der Waals surface area contributed by atoms with Crippen LogP contribution in [0.25, 0.3) is 0 Å². The van der Waals surface area contributed by atoms with Crippen LogP contribution in [0.5, 0.6) is 0 Å². The predicted octanol–water partition coefficient (Wildman–Crippen LogP) is 2.99. The molecule has 0 heterocycles. The van der Waals surface area contributed by atoms with E-state index < -0.39 is 11.2 Å². The van der Waals surface area contributed by atoms with Gasteiger partial charge in [-0.1, -0.05) is 19.1 Å². The fourth-order valence-corrected chi connectivity index (χ4v) is 2.24. The summed E-state index contributed by atoms with van der Waals surface area (Å²) in [5.41, 5.74) is 0.675. The SMILES string of the molecule is CCCC(=O)Nc1ccccc1SC(C)C(=O)O. The molecule has 1 amide bonds. The van der Waals surface area contributed by atoms with Crippen LogP contribution in [0.4, 0.5) is 5.69 Å². The Labute approximate surface area is 111 Å². The molecule has 0 radical (unpaired) electrons. The molecule has 0 aliphatic heterocycles. The molecule has 1 aromatic carbocycles. The lowest BCUT2D eigenvalue weighted by atomic mass is 10.3. The second-order valence-electron chi connectivity index (χ2n) is 3.89. The molecular formula is C13H17NO3S. The highest BCUT2D eigenvalue weighted by Crippen LogP contribution is 2.30. The summed E-state index contributed by atoms with van der Waals surface area (Å²) in [6, 6.07) is 7.24. The number of para-hydroxylation sites is 1. The molecule has 0 fully saturated rings. The third-order valence-corrected chi connectivity index (χ3v) is 3.45. The van der Waals surface area contributed by atoms with Gasteiger partial charge in [0.05, 0.1) is 5.69 Å². The van der Waals surface area contributed by atoms with E-state index in [0.29, 0.717) is 12.1 Å². The third-order valence-electron chi connectivity index (χ3n) is 2.29. The van der Waals surface area contributed by atoms with E-state index in [1.807, 2.05) is 25.1 Å². The first kappa shape index (κ1) is 14.6. The third kappa shape index (κ3) is 4.41. The zero-order chi connectivity index (χ0) is 13.5. The van der Waals surface area contributed by atoms with E-state index in [1.165, 1.54) is 11.8 Å². The first-order valence-corrected chi connectivity index (χ1v) is 6.71. The maximum Gasteiger partial charge on any atom is 0.316 e. The van der Waals surface area contributed by atoms with Crippen LogP contribution < -0.4 is 5.32 Å². The van der Waals surface area contributed by atoms with Crippen LogP contribution in [0.15, 0.2) is 29.2 Å². The highest BCUT2D eigenvalue weighted by molar-refractivity contribution is 8.00. The second-order valence-corrected chi connectivity index (χ2v) is 5.28. The average Bonchev–Trinajstić information content (AvgIpc) is 2.31. The Morgan fingerprint density at radius 3 is 2.67 bits per heavy atom. The van der Waals surface area contributed by atoms with E-state index in [1.54, 1.807) is 13.0 Å². The van der Waals surface area contributed by atoms with Crippen molar-refractivity contribution in [1.82, 2.24) is 0 Å². The normalized spacial score (nSPS) is 11.9. The molecule has 98 valence electrons. The lowest BCUT2D eigenvalue weighted by molar-refractivity contribution is -0.136. The number of carbonyl (C=O) groups is 2. The summed E-state index contributed by atoms with van der Waals surface area (Å²) in [4.78, 5) is 23.2. The Hall–Kier alpha value is -1.49. The van der Waals surface area contributed by atoms with E-state index in [0.717, 1.165) is 11.3 Å². The number of anilines is 1. The quantitative estimate of drug-likeness (QED) is 0.778. The minimum atomic E-state index is -0.866. The summed E-state index contributed by atoms with van der Waals surface area (Å²) in [5, 5.41) is 11.1. The van der Waals surface area contributed by atoms with Gasteiger partial charge in [-0.3, -0.25) is 9.59 Å². The van der Waals surface area contributed by atoms with Gasteiger partial charge < -0.3 is 10.4 Å². The number of amides is 1. The molecule has 4 nitrogen and oxygen atoms in total. The van der Waals surface area contributed by atoms with Gasteiger partial charge >= 0.3 is 5.97 Å². The maximum atomic E-state index is 11.5. The summed E-state index contributed by atoms with van der Waals surface area (Å²) in [6.45, 7) is 3.56. The van der Waals surface area contributed by atoms with Gasteiger partial charge in [-0.2, -0.15) is 0 Å². The van der Waals surface area contributed by atoms with E-state index >= 15 is 0 Å². The molecule has 1 rings (SSSR count). The molecule has 0 spiro atoms. The van der Waals surface area contributed by atoms with Gasteiger partial charge in [0.25, 0.3) is 0 Å². The van der Waals surface area contributed by atoms with E-state index in [2.05, 4.69) is 5.32 Å². The van der Waals surface area contributed by atoms with Crippen molar-refractivity contribution in [1.29, 1.82) is 0 Å². The number of thioether (sulfide) groups is 1. The molecule has 2 N–H and O–H groups in total. The number of benzene rings is 1. The Morgan fingerprint density at radius 1 is 1.39 bits per heavy atom. The van der Waals surface area contributed by atoms with E-state index in [9.17, 15) is 9.59 Å². The smallest absolute Gasteiger partial charge is 0.316 e. The maximum absolute atomic E-state index is 11.5. The Balaban J connectivity index is 2.79. The van der Waals surface area contributed by atoms with Gasteiger partial charge in [-0.25, -0.2) is 0 Å². The van der Waals surface area contributed by atoms with Crippen LogP contribution in [0.3, 0.4) is 0 Å². The zero-order valence-corrected chi connectivity index (χ0v) is 11.3. The fourth-order valence-electron chi connectivity index (χ4n) is 1.35. The van der Waals surface area contributed by atoms with Crippen LogP contribution in [-0.2, 0) is 9.59 Å². The predicted molar refractivity (Wildman–Crippen MR) is 72.9 cm³/mol. The Morgan fingerprint density at radius 2 is 2.06 bits per heavy atom. The lowest BCUT2D eigenvalue weighted by Crippen LogP contribution is -2.14. The molecule has 5 heteroatoms. The topological polar surface area (TPSA) is 66.4 Å². The molecule has 0 aromatic heterocycles. The number of hydrogen-bond donors (Lipinski definition) is 2. The van der Waals surface area contributed by atoms with E-state index in [-0.39, 0.29) is 5.91 Å².